The first kappa shape index (κ1) is 22.8. The second kappa shape index (κ2) is 10.0. The molecule has 33 heavy (non-hydrogen) atoms. The van der Waals surface area contributed by atoms with Crippen molar-refractivity contribution in [3.8, 4) is 5.75 Å². The molecule has 8 heteroatoms. The van der Waals surface area contributed by atoms with Crippen molar-refractivity contribution in [3.05, 3.63) is 111 Å². The summed E-state index contributed by atoms with van der Waals surface area (Å²) in [5, 5.41) is 6.65. The van der Waals surface area contributed by atoms with Crippen LogP contribution in [0.3, 0.4) is 0 Å². The number of halogens is 3. The Bertz CT molecular complexity index is 1400. The molecule has 0 aliphatic carbocycles. The lowest BCUT2D eigenvalue weighted by Crippen LogP contribution is -2.17. The Morgan fingerprint density at radius 2 is 1.58 bits per heavy atom. The van der Waals surface area contributed by atoms with Crippen LogP contribution in [0.4, 0.5) is 0 Å². The van der Waals surface area contributed by atoms with Crippen LogP contribution in [0.1, 0.15) is 26.3 Å². The molecule has 164 valence electrons. The van der Waals surface area contributed by atoms with Crippen molar-refractivity contribution in [2.75, 3.05) is 0 Å². The number of ether oxygens (including phenoxy) is 1. The fourth-order valence-electron chi connectivity index (χ4n) is 3.14. The zero-order chi connectivity index (χ0) is 23.4. The minimum atomic E-state index is -0.606. The van der Waals surface area contributed by atoms with Gasteiger partial charge in [-0.15, -0.1) is 0 Å². The van der Waals surface area contributed by atoms with Crippen molar-refractivity contribution < 1.29 is 14.3 Å². The quantitative estimate of drug-likeness (QED) is 0.143. The summed E-state index contributed by atoms with van der Waals surface area (Å²) in [5.74, 6) is -0.809. The highest BCUT2D eigenvalue weighted by molar-refractivity contribution is 6.42. The van der Waals surface area contributed by atoms with Gasteiger partial charge in [0.25, 0.3) is 5.91 Å². The Morgan fingerprint density at radius 1 is 0.818 bits per heavy atom. The smallest absolute Gasteiger partial charge is 0.345 e. The van der Waals surface area contributed by atoms with Crippen molar-refractivity contribution >= 4 is 63.7 Å². The second-order valence-corrected chi connectivity index (χ2v) is 8.12. The minimum Gasteiger partial charge on any atom is -0.422 e. The van der Waals surface area contributed by atoms with Crippen molar-refractivity contribution in [2.24, 2.45) is 5.10 Å². The van der Waals surface area contributed by atoms with Crippen LogP contribution in [-0.4, -0.2) is 18.1 Å². The van der Waals surface area contributed by atoms with Gasteiger partial charge in [-0.3, -0.25) is 4.79 Å². The lowest BCUT2D eigenvalue weighted by atomic mass is 10.0. The van der Waals surface area contributed by atoms with Gasteiger partial charge in [0, 0.05) is 11.1 Å². The number of nitrogens with one attached hydrogen (secondary N) is 1. The molecule has 0 aliphatic heterocycles. The van der Waals surface area contributed by atoms with Crippen molar-refractivity contribution in [3.63, 3.8) is 0 Å². The van der Waals surface area contributed by atoms with Gasteiger partial charge in [0.15, 0.2) is 0 Å². The molecule has 4 aromatic carbocycles. The normalized spacial score (nSPS) is 11.0. The van der Waals surface area contributed by atoms with Crippen LogP contribution < -0.4 is 10.2 Å². The number of amides is 1. The zero-order valence-corrected chi connectivity index (χ0v) is 19.2. The van der Waals surface area contributed by atoms with Gasteiger partial charge in [0.05, 0.1) is 26.8 Å². The Morgan fingerprint density at radius 3 is 2.36 bits per heavy atom. The molecule has 0 bridgehead atoms. The van der Waals surface area contributed by atoms with E-state index in [0.717, 1.165) is 10.8 Å². The molecule has 5 nitrogen and oxygen atoms in total. The van der Waals surface area contributed by atoms with Crippen LogP contribution in [-0.2, 0) is 0 Å². The molecule has 0 aromatic heterocycles. The summed E-state index contributed by atoms with van der Waals surface area (Å²) in [6, 6.07) is 22.2. The van der Waals surface area contributed by atoms with E-state index < -0.39 is 11.9 Å². The van der Waals surface area contributed by atoms with E-state index >= 15 is 0 Å². The maximum Gasteiger partial charge on any atom is 0.345 e. The molecule has 0 unspecified atom stereocenters. The molecule has 4 aromatic rings. The standard InChI is InChI=1S/C25H15Cl3N2O3/c26-20-8-4-3-7-18(20)25(32)33-23-12-10-15-5-1-2-6-17(15)19(23)14-29-30-24(31)16-9-11-21(27)22(28)13-16/h1-14H,(H,30,31)/b29-14+. The average molecular weight is 498 g/mol. The third-order valence-corrected chi connectivity index (χ3v) is 5.84. The molecule has 0 atom stereocenters. The molecule has 1 N–H and O–H groups in total. The molecular weight excluding hydrogens is 483 g/mol. The summed E-state index contributed by atoms with van der Waals surface area (Å²) in [6.07, 6.45) is 1.42. The van der Waals surface area contributed by atoms with Gasteiger partial charge in [0.2, 0.25) is 0 Å². The third-order valence-electron chi connectivity index (χ3n) is 4.77. The highest BCUT2D eigenvalue weighted by Crippen LogP contribution is 2.28. The van der Waals surface area contributed by atoms with Crippen LogP contribution in [0.15, 0.2) is 84.0 Å². The Balaban J connectivity index is 1.64. The lowest BCUT2D eigenvalue weighted by Gasteiger charge is -2.11. The van der Waals surface area contributed by atoms with E-state index in [1.165, 1.54) is 24.4 Å². The maximum atomic E-state index is 12.7. The van der Waals surface area contributed by atoms with E-state index in [2.05, 4.69) is 10.5 Å². The molecule has 1 amide bonds. The Labute approximate surface area is 204 Å². The fraction of sp³-hybridized carbons (Fsp3) is 0. The molecular formula is C25H15Cl3N2O3. The highest BCUT2D eigenvalue weighted by Gasteiger charge is 2.16. The first-order valence-electron chi connectivity index (χ1n) is 9.71. The largest absolute Gasteiger partial charge is 0.422 e. The number of benzene rings is 4. The van der Waals surface area contributed by atoms with Crippen LogP contribution in [0.25, 0.3) is 10.8 Å². The van der Waals surface area contributed by atoms with E-state index in [4.69, 9.17) is 39.5 Å². The van der Waals surface area contributed by atoms with E-state index in [0.29, 0.717) is 16.1 Å². The second-order valence-electron chi connectivity index (χ2n) is 6.90. The number of hydrogen-bond acceptors (Lipinski definition) is 4. The van der Waals surface area contributed by atoms with Gasteiger partial charge in [-0.1, -0.05) is 77.3 Å². The van der Waals surface area contributed by atoms with Crippen LogP contribution in [0, 0.1) is 0 Å². The van der Waals surface area contributed by atoms with Gasteiger partial charge in [-0.2, -0.15) is 5.10 Å². The van der Waals surface area contributed by atoms with Gasteiger partial charge in [0.1, 0.15) is 5.75 Å². The van der Waals surface area contributed by atoms with E-state index in [1.807, 2.05) is 30.3 Å². The number of carbonyl (C=O) groups excluding carboxylic acids is 2. The predicted molar refractivity (Wildman–Crippen MR) is 132 cm³/mol. The summed E-state index contributed by atoms with van der Waals surface area (Å²) < 4.78 is 5.63. The molecule has 4 rings (SSSR count). The monoisotopic (exact) mass is 496 g/mol. The molecule has 0 spiro atoms. The van der Waals surface area contributed by atoms with Crippen molar-refractivity contribution in [2.45, 2.75) is 0 Å². The molecule has 0 radical (unpaired) electrons. The van der Waals surface area contributed by atoms with E-state index in [-0.39, 0.29) is 21.4 Å². The van der Waals surface area contributed by atoms with Crippen molar-refractivity contribution in [1.29, 1.82) is 0 Å². The Kier molecular flexibility index (Phi) is 6.94. The summed E-state index contributed by atoms with van der Waals surface area (Å²) in [5.41, 5.74) is 3.50. The predicted octanol–water partition coefficient (Wildman–Crippen LogP) is 6.78. The van der Waals surface area contributed by atoms with Crippen LogP contribution in [0.2, 0.25) is 15.1 Å². The Hall–Kier alpha value is -3.38. The number of nitrogens with zero attached hydrogens (tertiary/aromatic N) is 1. The molecule has 0 saturated carbocycles. The van der Waals surface area contributed by atoms with Gasteiger partial charge < -0.3 is 4.74 Å². The zero-order valence-electron chi connectivity index (χ0n) is 16.9. The van der Waals surface area contributed by atoms with E-state index in [1.54, 1.807) is 30.3 Å². The number of carbonyl (C=O) groups is 2. The first-order valence-corrected chi connectivity index (χ1v) is 10.8. The van der Waals surface area contributed by atoms with Crippen LogP contribution >= 0.6 is 34.8 Å². The molecule has 0 fully saturated rings. The van der Waals surface area contributed by atoms with Gasteiger partial charge >= 0.3 is 5.97 Å². The SMILES string of the molecule is O=C(N/N=C/c1c(OC(=O)c2ccccc2Cl)ccc2ccccc12)c1ccc(Cl)c(Cl)c1. The summed E-state index contributed by atoms with van der Waals surface area (Å²) in [6.45, 7) is 0. The van der Waals surface area contributed by atoms with Crippen LogP contribution in [0.5, 0.6) is 5.75 Å². The number of esters is 1. The summed E-state index contributed by atoms with van der Waals surface area (Å²) >= 11 is 18.0. The third kappa shape index (κ3) is 5.17. The summed E-state index contributed by atoms with van der Waals surface area (Å²) in [7, 11) is 0. The fourth-order valence-corrected chi connectivity index (χ4v) is 3.65. The first-order chi connectivity index (χ1) is 15.9. The molecule has 0 aliphatic rings. The maximum absolute atomic E-state index is 12.7. The van der Waals surface area contributed by atoms with Gasteiger partial charge in [-0.05, 0) is 47.2 Å². The average Bonchev–Trinajstić information content (AvgIpc) is 2.82. The number of hydrogen-bond donors (Lipinski definition) is 1. The lowest BCUT2D eigenvalue weighted by molar-refractivity contribution is 0.0734. The highest BCUT2D eigenvalue weighted by atomic mass is 35.5. The number of fused-ring (bicyclic) bond motifs is 1. The van der Waals surface area contributed by atoms with Gasteiger partial charge in [-0.25, -0.2) is 10.2 Å². The van der Waals surface area contributed by atoms with E-state index in [9.17, 15) is 9.59 Å². The number of rotatable bonds is 5. The number of hydrazone groups is 1. The molecule has 0 heterocycles. The summed E-state index contributed by atoms with van der Waals surface area (Å²) in [4.78, 5) is 25.1. The molecule has 0 saturated heterocycles. The minimum absolute atomic E-state index is 0.239. The van der Waals surface area contributed by atoms with Crippen molar-refractivity contribution in [1.82, 2.24) is 5.43 Å². The topological polar surface area (TPSA) is 67.8 Å².